The normalized spacial score (nSPS) is 19.4. The molecular weight excluding hydrogens is 393 g/mol. The van der Waals surface area contributed by atoms with Crippen LogP contribution in [0.1, 0.15) is 12.5 Å². The maximum absolute atomic E-state index is 14.9. The van der Waals surface area contributed by atoms with Gasteiger partial charge in [-0.25, -0.2) is 14.2 Å². The van der Waals surface area contributed by atoms with Crippen molar-refractivity contribution in [1.29, 1.82) is 0 Å². The summed E-state index contributed by atoms with van der Waals surface area (Å²) >= 11 is 0. The van der Waals surface area contributed by atoms with E-state index in [1.807, 2.05) is 0 Å². The smallest absolute Gasteiger partial charge is 0.415 e. The van der Waals surface area contributed by atoms with Crippen molar-refractivity contribution >= 4 is 17.7 Å². The topological polar surface area (TPSA) is 115 Å². The van der Waals surface area contributed by atoms with Crippen LogP contribution >= 0.6 is 0 Å². The van der Waals surface area contributed by atoms with Gasteiger partial charge in [-0.3, -0.25) is 9.69 Å². The molecule has 2 amide bonds. The summed E-state index contributed by atoms with van der Waals surface area (Å²) < 4.78 is 21.7. The molecule has 1 fully saturated rings. The number of carbonyl (C=O) groups is 2. The first-order chi connectivity index (χ1) is 14.5. The Hall–Kier alpha value is -3.89. The number of nitrogens with one attached hydrogen (secondary N) is 1. The summed E-state index contributed by atoms with van der Waals surface area (Å²) in [5, 5.41) is 13.6. The van der Waals surface area contributed by atoms with Crippen molar-refractivity contribution in [3.8, 4) is 16.9 Å². The first-order valence-electron chi connectivity index (χ1n) is 9.28. The van der Waals surface area contributed by atoms with Gasteiger partial charge in [0.2, 0.25) is 5.91 Å². The van der Waals surface area contributed by atoms with Crippen LogP contribution in [0.3, 0.4) is 0 Å². The van der Waals surface area contributed by atoms with Gasteiger partial charge in [0.25, 0.3) is 0 Å². The largest absolute Gasteiger partial charge is 0.442 e. The molecule has 2 atom stereocenters. The van der Waals surface area contributed by atoms with E-state index in [1.165, 1.54) is 28.9 Å². The van der Waals surface area contributed by atoms with Crippen LogP contribution in [0, 0.1) is 5.82 Å². The predicted molar refractivity (Wildman–Crippen MR) is 101 cm³/mol. The molecule has 11 heteroatoms. The fraction of sp³-hybridized carbons (Fsp3) is 0.263. The predicted octanol–water partition coefficient (Wildman–Crippen LogP) is 1.25. The van der Waals surface area contributed by atoms with E-state index >= 15 is 0 Å². The molecule has 152 valence electrons. The number of anilines is 1. The first-order valence-corrected chi connectivity index (χ1v) is 9.28. The van der Waals surface area contributed by atoms with Crippen LogP contribution < -0.4 is 10.2 Å². The molecule has 0 radical (unpaired) electrons. The van der Waals surface area contributed by atoms with Crippen molar-refractivity contribution in [3.05, 3.63) is 48.2 Å². The lowest BCUT2D eigenvalue weighted by Gasteiger charge is -2.16. The molecule has 1 aromatic carbocycles. The van der Waals surface area contributed by atoms with Gasteiger partial charge in [-0.1, -0.05) is 0 Å². The molecule has 30 heavy (non-hydrogen) atoms. The Kier molecular flexibility index (Phi) is 4.16. The van der Waals surface area contributed by atoms with Gasteiger partial charge in [0.05, 0.1) is 18.3 Å². The molecule has 5 rings (SSSR count). The molecule has 2 aliphatic heterocycles. The van der Waals surface area contributed by atoms with Crippen LogP contribution in [0.4, 0.5) is 14.9 Å². The molecule has 0 bridgehead atoms. The van der Waals surface area contributed by atoms with Crippen molar-refractivity contribution in [2.45, 2.75) is 25.5 Å². The Morgan fingerprint density at radius 1 is 1.37 bits per heavy atom. The van der Waals surface area contributed by atoms with Crippen molar-refractivity contribution in [2.24, 2.45) is 0 Å². The molecule has 0 unspecified atom stereocenters. The van der Waals surface area contributed by atoms with Crippen LogP contribution in [0.15, 0.2) is 36.8 Å². The Balaban J connectivity index is 1.44. The quantitative estimate of drug-likeness (QED) is 0.690. The van der Waals surface area contributed by atoms with Crippen LogP contribution in [-0.4, -0.2) is 55.9 Å². The summed E-state index contributed by atoms with van der Waals surface area (Å²) in [6, 6.07) is 6.23. The number of aromatic nitrogens is 5. The van der Waals surface area contributed by atoms with Gasteiger partial charge >= 0.3 is 6.09 Å². The highest BCUT2D eigenvalue weighted by molar-refractivity contribution is 5.94. The molecule has 1 N–H and O–H groups in total. The van der Waals surface area contributed by atoms with Crippen molar-refractivity contribution < 1.29 is 18.7 Å². The number of hydrogen-bond donors (Lipinski definition) is 1. The Bertz CT molecular complexity index is 1130. The number of tetrazole rings is 1. The van der Waals surface area contributed by atoms with E-state index < -0.39 is 18.0 Å². The maximum Gasteiger partial charge on any atom is 0.415 e. The van der Waals surface area contributed by atoms with E-state index in [2.05, 4.69) is 25.8 Å². The van der Waals surface area contributed by atoms with Crippen LogP contribution in [0.5, 0.6) is 0 Å². The Morgan fingerprint density at radius 3 is 2.93 bits per heavy atom. The first kappa shape index (κ1) is 18.2. The van der Waals surface area contributed by atoms with Crippen molar-refractivity contribution in [3.63, 3.8) is 0 Å². The van der Waals surface area contributed by atoms with Gasteiger partial charge in [0.15, 0.2) is 5.82 Å². The summed E-state index contributed by atoms with van der Waals surface area (Å²) in [5.41, 5.74) is 2.31. The molecule has 0 spiro atoms. The van der Waals surface area contributed by atoms with Crippen molar-refractivity contribution in [1.82, 2.24) is 30.5 Å². The fourth-order valence-electron chi connectivity index (χ4n) is 3.88. The van der Waals surface area contributed by atoms with E-state index in [-0.39, 0.29) is 18.5 Å². The van der Waals surface area contributed by atoms with Gasteiger partial charge in [0.1, 0.15) is 18.2 Å². The fourth-order valence-corrected chi connectivity index (χ4v) is 3.88. The average molecular weight is 409 g/mol. The van der Waals surface area contributed by atoms with Crippen molar-refractivity contribution in [2.75, 3.05) is 11.4 Å². The Morgan fingerprint density at radius 2 is 2.23 bits per heavy atom. The van der Waals surface area contributed by atoms with Crippen LogP contribution in [0.25, 0.3) is 16.9 Å². The molecule has 2 aromatic heterocycles. The highest BCUT2D eigenvalue weighted by Gasteiger charge is 2.47. The van der Waals surface area contributed by atoms with E-state index in [1.54, 1.807) is 24.4 Å². The lowest BCUT2D eigenvalue weighted by molar-refractivity contribution is -0.119. The number of benzene rings is 1. The second-order valence-electron chi connectivity index (χ2n) is 7.12. The molecule has 0 aliphatic carbocycles. The molecule has 3 aromatic rings. The number of rotatable bonds is 4. The monoisotopic (exact) mass is 409 g/mol. The van der Waals surface area contributed by atoms with Crippen LogP contribution in [0.2, 0.25) is 0 Å². The molecular formula is C19H16FN7O3. The Labute approximate surface area is 169 Å². The summed E-state index contributed by atoms with van der Waals surface area (Å²) in [7, 11) is 0. The minimum absolute atomic E-state index is 0.203. The molecule has 4 heterocycles. The standard InChI is InChI=1S/C19H16FN7O3/c1-10(28)21-8-17-16-5-12-4-13(14(20)6-15(12)27(16)19(29)30-17)11-2-3-18(22-7-11)26-9-23-24-25-26/h2-4,6-7,9,16-17H,5,8H2,1H3,(H,21,28)/t16-,17-/m0/s1. The summed E-state index contributed by atoms with van der Waals surface area (Å²) in [6.07, 6.45) is 2.45. The lowest BCUT2D eigenvalue weighted by Crippen LogP contribution is -2.40. The number of halogens is 1. The second-order valence-corrected chi connectivity index (χ2v) is 7.12. The highest BCUT2D eigenvalue weighted by atomic mass is 19.1. The van der Waals surface area contributed by atoms with E-state index in [4.69, 9.17) is 4.74 Å². The van der Waals surface area contributed by atoms with Gasteiger partial charge in [0, 0.05) is 24.2 Å². The number of ether oxygens (including phenoxy) is 1. The van der Waals surface area contributed by atoms with E-state index in [0.717, 1.165) is 5.56 Å². The molecule has 10 nitrogen and oxygen atoms in total. The minimum Gasteiger partial charge on any atom is -0.442 e. The zero-order valence-electron chi connectivity index (χ0n) is 15.8. The third kappa shape index (κ3) is 2.95. The van der Waals surface area contributed by atoms with E-state index in [9.17, 15) is 14.0 Å². The number of carbonyl (C=O) groups excluding carboxylic acids is 2. The number of cyclic esters (lactones) is 1. The van der Waals surface area contributed by atoms with Gasteiger partial charge < -0.3 is 10.1 Å². The third-order valence-corrected chi connectivity index (χ3v) is 5.26. The second kappa shape index (κ2) is 6.87. The summed E-state index contributed by atoms with van der Waals surface area (Å²) in [5.74, 6) is -0.162. The van der Waals surface area contributed by atoms with Crippen LogP contribution in [-0.2, 0) is 16.0 Å². The zero-order chi connectivity index (χ0) is 20.8. The molecule has 2 aliphatic rings. The molecule has 0 saturated carbocycles. The summed E-state index contributed by atoms with van der Waals surface area (Å²) in [6.45, 7) is 1.62. The highest BCUT2D eigenvalue weighted by Crippen LogP contribution is 2.41. The lowest BCUT2D eigenvalue weighted by atomic mass is 10.00. The SMILES string of the molecule is CC(=O)NC[C@@H]1OC(=O)N2c3cc(F)c(-c4ccc(-n5cnnn5)nc4)cc3C[C@@H]12. The van der Waals surface area contributed by atoms with E-state index in [0.29, 0.717) is 29.1 Å². The molecule has 1 saturated heterocycles. The number of pyridine rings is 1. The average Bonchev–Trinajstić information content (AvgIpc) is 3.44. The minimum atomic E-state index is -0.534. The number of amides is 2. The van der Waals surface area contributed by atoms with Gasteiger partial charge in [-0.2, -0.15) is 4.68 Å². The third-order valence-electron chi connectivity index (χ3n) is 5.26. The number of fused-ring (bicyclic) bond motifs is 3. The van der Waals surface area contributed by atoms with Gasteiger partial charge in [-0.05, 0) is 46.7 Å². The number of nitrogens with zero attached hydrogens (tertiary/aromatic N) is 6. The van der Waals surface area contributed by atoms with Gasteiger partial charge in [-0.15, -0.1) is 5.10 Å². The number of hydrogen-bond acceptors (Lipinski definition) is 7. The zero-order valence-corrected chi connectivity index (χ0v) is 15.8. The maximum atomic E-state index is 14.9. The summed E-state index contributed by atoms with van der Waals surface area (Å²) in [4.78, 5) is 29.3.